The number of nitrogens with one attached hydrogen (secondary N) is 4. The first-order valence-corrected chi connectivity index (χ1v) is 11.6. The van der Waals surface area contributed by atoms with Gasteiger partial charge in [0.25, 0.3) is 5.91 Å². The number of aromatic amines is 1. The Balaban J connectivity index is 1.61. The lowest BCUT2D eigenvalue weighted by Gasteiger charge is -2.19. The maximum atomic E-state index is 13.9. The number of carbonyl (C=O) groups excluding carboxylic acids is 2. The molecule has 0 radical (unpaired) electrons. The molecule has 3 aromatic rings. The smallest absolute Gasteiger partial charge is 0.407 e. The second-order valence-electron chi connectivity index (χ2n) is 8.19. The summed E-state index contributed by atoms with van der Waals surface area (Å²) in [5.74, 6) is -1.00. The van der Waals surface area contributed by atoms with Gasteiger partial charge in [-0.1, -0.05) is 12.1 Å². The number of hydrogen-bond donors (Lipinski definition) is 4. The molecule has 0 bridgehead atoms. The molecule has 0 saturated heterocycles. The summed E-state index contributed by atoms with van der Waals surface area (Å²) < 4.78 is 46.4. The van der Waals surface area contributed by atoms with Crippen LogP contribution in [0.15, 0.2) is 53.4 Å². The molecule has 3 rings (SSSR count). The summed E-state index contributed by atoms with van der Waals surface area (Å²) in [6.07, 6.45) is -0.650. The fourth-order valence-corrected chi connectivity index (χ4v) is 4.00. The zero-order chi connectivity index (χ0) is 24.2. The Bertz CT molecular complexity index is 1280. The number of amides is 2. The maximum absolute atomic E-state index is 13.9. The van der Waals surface area contributed by atoms with Crippen molar-refractivity contribution in [2.45, 2.75) is 31.3 Å². The van der Waals surface area contributed by atoms with Crippen LogP contribution in [0.3, 0.4) is 0 Å². The van der Waals surface area contributed by atoms with Crippen LogP contribution in [0.25, 0.3) is 10.9 Å². The Labute approximate surface area is 190 Å². The van der Waals surface area contributed by atoms with E-state index < -0.39 is 33.4 Å². The molecule has 1 aromatic heterocycles. The van der Waals surface area contributed by atoms with Crippen LogP contribution >= 0.6 is 0 Å². The number of H-pyrrole nitrogens is 1. The van der Waals surface area contributed by atoms with Crippen LogP contribution in [0.1, 0.15) is 31.3 Å². The molecule has 2 aromatic carbocycles. The number of fused-ring (bicyclic) bond motifs is 1. The first-order valence-electron chi connectivity index (χ1n) is 10.1. The van der Waals surface area contributed by atoms with E-state index in [1.165, 1.54) is 42.5 Å². The Morgan fingerprint density at radius 2 is 1.79 bits per heavy atom. The number of alkyl carbamates (subject to hydrolysis) is 1. The number of rotatable bonds is 7. The lowest BCUT2D eigenvalue weighted by molar-refractivity contribution is 0.0528. The van der Waals surface area contributed by atoms with Crippen molar-refractivity contribution in [1.29, 1.82) is 0 Å². The molecule has 33 heavy (non-hydrogen) atoms. The van der Waals surface area contributed by atoms with Crippen molar-refractivity contribution in [2.75, 3.05) is 18.4 Å². The summed E-state index contributed by atoms with van der Waals surface area (Å²) >= 11 is 0. The van der Waals surface area contributed by atoms with Crippen molar-refractivity contribution >= 4 is 38.6 Å². The molecule has 0 atom stereocenters. The van der Waals surface area contributed by atoms with Crippen LogP contribution in [0, 0.1) is 5.82 Å². The van der Waals surface area contributed by atoms with Crippen LogP contribution < -0.4 is 15.4 Å². The third-order valence-electron chi connectivity index (χ3n) is 4.34. The summed E-state index contributed by atoms with van der Waals surface area (Å²) in [4.78, 5) is 26.9. The Morgan fingerprint density at radius 3 is 2.48 bits per heavy atom. The van der Waals surface area contributed by atoms with Crippen LogP contribution in [0.4, 0.5) is 14.9 Å². The van der Waals surface area contributed by atoms with Crippen molar-refractivity contribution in [3.63, 3.8) is 0 Å². The Morgan fingerprint density at radius 1 is 1.06 bits per heavy atom. The minimum Gasteiger partial charge on any atom is -0.444 e. The maximum Gasteiger partial charge on any atom is 0.407 e. The Hall–Kier alpha value is -3.44. The second kappa shape index (κ2) is 9.59. The fourth-order valence-electron chi connectivity index (χ4n) is 2.93. The topological polar surface area (TPSA) is 129 Å². The average Bonchev–Trinajstić information content (AvgIpc) is 3.16. The lowest BCUT2D eigenvalue weighted by Crippen LogP contribution is -2.37. The lowest BCUT2D eigenvalue weighted by atomic mass is 10.2. The van der Waals surface area contributed by atoms with Gasteiger partial charge in [-0.25, -0.2) is 22.3 Å². The van der Waals surface area contributed by atoms with E-state index in [2.05, 4.69) is 20.3 Å². The number of ether oxygens (including phenoxy) is 1. The molecule has 176 valence electrons. The van der Waals surface area contributed by atoms with Crippen LogP contribution in [0.2, 0.25) is 0 Å². The molecular weight excluding hydrogens is 451 g/mol. The van der Waals surface area contributed by atoms with Crippen molar-refractivity contribution in [3.05, 3.63) is 60.0 Å². The summed E-state index contributed by atoms with van der Waals surface area (Å²) in [6, 6.07) is 11.5. The van der Waals surface area contributed by atoms with Crippen molar-refractivity contribution < 1.29 is 27.1 Å². The third kappa shape index (κ3) is 6.53. The van der Waals surface area contributed by atoms with Gasteiger partial charge in [-0.3, -0.25) is 4.79 Å². The van der Waals surface area contributed by atoms with E-state index in [0.29, 0.717) is 5.52 Å². The summed E-state index contributed by atoms with van der Waals surface area (Å²) in [6.45, 7) is 5.13. The molecule has 2 amide bonds. The molecule has 0 fully saturated rings. The number of hydrogen-bond acceptors (Lipinski definition) is 5. The van der Waals surface area contributed by atoms with Gasteiger partial charge in [0, 0.05) is 29.7 Å². The molecule has 0 unspecified atom stereocenters. The number of benzene rings is 2. The van der Waals surface area contributed by atoms with Gasteiger partial charge >= 0.3 is 6.09 Å². The molecule has 11 heteroatoms. The molecule has 0 aliphatic rings. The van der Waals surface area contributed by atoms with E-state index in [1.807, 2.05) is 0 Å². The standard InChI is InChI=1S/C22H25FN4O5S/c1-22(2,3)32-21(29)24-10-11-25-33(30,31)15-7-4-6-14(12-15)26-20(28)19-13-16-17(23)8-5-9-18(16)27-19/h4-9,12-13,25,27H,10-11H2,1-3H3,(H,24,29)(H,26,28). The van der Waals surface area contributed by atoms with Gasteiger partial charge in [0.2, 0.25) is 10.0 Å². The summed E-state index contributed by atoms with van der Waals surface area (Å²) in [7, 11) is -3.89. The van der Waals surface area contributed by atoms with E-state index in [1.54, 1.807) is 26.8 Å². The minimum absolute atomic E-state index is 0.0293. The molecule has 0 saturated carbocycles. The monoisotopic (exact) mass is 476 g/mol. The fraction of sp³-hybridized carbons (Fsp3) is 0.273. The molecule has 1 heterocycles. The highest BCUT2D eigenvalue weighted by Gasteiger charge is 2.18. The molecule has 0 aliphatic heterocycles. The second-order valence-corrected chi connectivity index (χ2v) is 9.96. The number of halogens is 1. The first-order chi connectivity index (χ1) is 15.4. The van der Waals surface area contributed by atoms with Gasteiger partial charge in [-0.05, 0) is 57.2 Å². The molecule has 0 spiro atoms. The van der Waals surface area contributed by atoms with E-state index in [-0.39, 0.29) is 34.8 Å². The van der Waals surface area contributed by atoms with E-state index in [4.69, 9.17) is 4.74 Å². The largest absolute Gasteiger partial charge is 0.444 e. The molecule has 0 aliphatic carbocycles. The van der Waals surface area contributed by atoms with Gasteiger partial charge in [0.1, 0.15) is 17.1 Å². The summed E-state index contributed by atoms with van der Waals surface area (Å²) in [5, 5.41) is 5.34. The quantitative estimate of drug-likeness (QED) is 0.389. The highest BCUT2D eigenvalue weighted by atomic mass is 32.2. The highest BCUT2D eigenvalue weighted by molar-refractivity contribution is 7.89. The SMILES string of the molecule is CC(C)(C)OC(=O)NCCNS(=O)(=O)c1cccc(NC(=O)c2cc3c(F)cccc3[nH]2)c1. The molecular formula is C22H25FN4O5S. The van der Waals surface area contributed by atoms with Gasteiger partial charge in [-0.15, -0.1) is 0 Å². The summed E-state index contributed by atoms with van der Waals surface area (Å²) in [5.41, 5.74) is 0.194. The highest BCUT2D eigenvalue weighted by Crippen LogP contribution is 2.20. The van der Waals surface area contributed by atoms with Gasteiger partial charge in [0.15, 0.2) is 0 Å². The number of aromatic nitrogens is 1. The number of carbonyl (C=O) groups is 2. The van der Waals surface area contributed by atoms with Crippen molar-refractivity contribution in [2.24, 2.45) is 0 Å². The predicted octanol–water partition coefficient (Wildman–Crippen LogP) is 3.36. The van der Waals surface area contributed by atoms with Crippen LogP contribution in [0.5, 0.6) is 0 Å². The number of sulfonamides is 1. The van der Waals surface area contributed by atoms with Gasteiger partial charge in [-0.2, -0.15) is 0 Å². The third-order valence-corrected chi connectivity index (χ3v) is 5.80. The molecule has 4 N–H and O–H groups in total. The Kier molecular flexibility index (Phi) is 7.04. The minimum atomic E-state index is -3.89. The van der Waals surface area contributed by atoms with Crippen molar-refractivity contribution in [1.82, 2.24) is 15.0 Å². The van der Waals surface area contributed by atoms with E-state index >= 15 is 0 Å². The molecule has 9 nitrogen and oxygen atoms in total. The number of anilines is 1. The predicted molar refractivity (Wildman–Crippen MR) is 122 cm³/mol. The van der Waals surface area contributed by atoms with Crippen LogP contribution in [-0.2, 0) is 14.8 Å². The zero-order valence-corrected chi connectivity index (χ0v) is 19.2. The average molecular weight is 477 g/mol. The van der Waals surface area contributed by atoms with Gasteiger partial charge < -0.3 is 20.4 Å². The first kappa shape index (κ1) is 24.2. The van der Waals surface area contributed by atoms with E-state index in [0.717, 1.165) is 0 Å². The van der Waals surface area contributed by atoms with E-state index in [9.17, 15) is 22.4 Å². The normalized spacial score (nSPS) is 11.9. The zero-order valence-electron chi connectivity index (χ0n) is 18.4. The van der Waals surface area contributed by atoms with Crippen LogP contribution in [-0.4, -0.2) is 44.1 Å². The van der Waals surface area contributed by atoms with Crippen molar-refractivity contribution in [3.8, 4) is 0 Å². The van der Waals surface area contributed by atoms with Gasteiger partial charge in [0.05, 0.1) is 4.90 Å².